The third-order valence-electron chi connectivity index (χ3n) is 3.75. The molecule has 0 radical (unpaired) electrons. The normalized spacial score (nSPS) is 11.0. The van der Waals surface area contributed by atoms with Crippen LogP contribution in [0.3, 0.4) is 0 Å². The van der Waals surface area contributed by atoms with Crippen LogP contribution in [-0.2, 0) is 19.5 Å². The number of halogens is 2. The van der Waals surface area contributed by atoms with Crippen LogP contribution in [0.1, 0.15) is 18.3 Å². The van der Waals surface area contributed by atoms with Crippen molar-refractivity contribution in [3.63, 3.8) is 0 Å². The summed E-state index contributed by atoms with van der Waals surface area (Å²) < 4.78 is 3.14. The number of guanidine groups is 1. The maximum Gasteiger partial charge on any atom is 0.194 e. The van der Waals surface area contributed by atoms with Crippen LogP contribution in [-0.4, -0.2) is 45.8 Å². The van der Waals surface area contributed by atoms with Crippen molar-refractivity contribution in [2.45, 2.75) is 26.4 Å². The highest BCUT2D eigenvalue weighted by atomic mass is 127. The summed E-state index contributed by atoms with van der Waals surface area (Å²) >= 11 is 3.60. The fourth-order valence-corrected chi connectivity index (χ4v) is 2.85. The quantitative estimate of drug-likeness (QED) is 0.245. The van der Waals surface area contributed by atoms with E-state index >= 15 is 0 Å². The summed E-state index contributed by atoms with van der Waals surface area (Å²) in [6.07, 6.45) is 4.46. The fraction of sp³-hybridized carbons (Fsp3) is 0.389. The average Bonchev–Trinajstić information content (AvgIpc) is 3.07. The van der Waals surface area contributed by atoms with Crippen molar-refractivity contribution in [1.82, 2.24) is 25.0 Å². The van der Waals surface area contributed by atoms with Gasteiger partial charge in [-0.25, -0.2) is 0 Å². The van der Waals surface area contributed by atoms with E-state index in [0.717, 1.165) is 35.8 Å². The number of benzene rings is 1. The first kappa shape index (κ1) is 22.6. The SMILES string of the molecule is C=CCNC(=NCCn1cnnc1CC)N(C)Cc1ccccc1Br.I. The first-order valence-corrected chi connectivity index (χ1v) is 9.15. The zero-order chi connectivity index (χ0) is 18.1. The molecule has 1 aromatic heterocycles. The Kier molecular flexibility index (Phi) is 10.5. The van der Waals surface area contributed by atoms with E-state index in [9.17, 15) is 0 Å². The van der Waals surface area contributed by atoms with Gasteiger partial charge in [0.05, 0.1) is 6.54 Å². The van der Waals surface area contributed by atoms with Gasteiger partial charge in [0.1, 0.15) is 12.2 Å². The number of aliphatic imine (C=N–C) groups is 1. The lowest BCUT2D eigenvalue weighted by Crippen LogP contribution is -2.39. The Morgan fingerprint density at radius 2 is 2.19 bits per heavy atom. The van der Waals surface area contributed by atoms with Crippen LogP contribution < -0.4 is 5.32 Å². The van der Waals surface area contributed by atoms with Crippen molar-refractivity contribution >= 4 is 45.9 Å². The number of nitrogens with zero attached hydrogens (tertiary/aromatic N) is 5. The summed E-state index contributed by atoms with van der Waals surface area (Å²) in [6, 6.07) is 8.22. The highest BCUT2D eigenvalue weighted by molar-refractivity contribution is 14.0. The summed E-state index contributed by atoms with van der Waals surface area (Å²) in [4.78, 5) is 6.84. The minimum atomic E-state index is 0. The molecule has 0 fully saturated rings. The van der Waals surface area contributed by atoms with E-state index < -0.39 is 0 Å². The molecule has 0 aliphatic carbocycles. The molecule has 0 saturated heterocycles. The van der Waals surface area contributed by atoms with E-state index in [1.807, 2.05) is 29.8 Å². The van der Waals surface area contributed by atoms with E-state index in [1.54, 1.807) is 6.33 Å². The Labute approximate surface area is 180 Å². The standard InChI is InChI=1S/C18H25BrN6.HI/c1-4-10-20-18(21-11-12-25-14-22-23-17(25)5-2)24(3)13-15-8-6-7-9-16(15)19;/h4,6-9,14H,1,5,10-13H2,2-3H3,(H,20,21);1H. The largest absolute Gasteiger partial charge is 0.353 e. The van der Waals surface area contributed by atoms with E-state index in [1.165, 1.54) is 5.56 Å². The average molecular weight is 533 g/mol. The summed E-state index contributed by atoms with van der Waals surface area (Å²) in [5.41, 5.74) is 1.21. The van der Waals surface area contributed by atoms with Gasteiger partial charge in [-0.1, -0.05) is 47.1 Å². The van der Waals surface area contributed by atoms with E-state index in [-0.39, 0.29) is 24.0 Å². The molecule has 2 rings (SSSR count). The lowest BCUT2D eigenvalue weighted by Gasteiger charge is -2.23. The van der Waals surface area contributed by atoms with Gasteiger partial charge in [-0.2, -0.15) is 0 Å². The molecule has 8 heteroatoms. The number of nitrogens with one attached hydrogen (secondary N) is 1. The molecule has 2 aromatic rings. The molecule has 0 bridgehead atoms. The second kappa shape index (κ2) is 12.1. The van der Waals surface area contributed by atoms with Gasteiger partial charge in [0, 0.05) is 37.6 Å². The van der Waals surface area contributed by atoms with Gasteiger partial charge in [-0.15, -0.1) is 40.8 Å². The van der Waals surface area contributed by atoms with Gasteiger partial charge < -0.3 is 14.8 Å². The molecule has 1 aromatic carbocycles. The molecule has 0 atom stereocenters. The second-order valence-electron chi connectivity index (χ2n) is 5.62. The van der Waals surface area contributed by atoms with Gasteiger partial charge in [-0.05, 0) is 11.6 Å². The van der Waals surface area contributed by atoms with Crippen LogP contribution in [0, 0.1) is 0 Å². The minimum absolute atomic E-state index is 0. The van der Waals surface area contributed by atoms with Gasteiger partial charge in [0.25, 0.3) is 0 Å². The third kappa shape index (κ3) is 6.71. The monoisotopic (exact) mass is 532 g/mol. The summed E-state index contributed by atoms with van der Waals surface area (Å²) in [7, 11) is 2.03. The molecule has 0 aliphatic rings. The van der Waals surface area contributed by atoms with Crippen LogP contribution in [0.5, 0.6) is 0 Å². The summed E-state index contributed by atoms with van der Waals surface area (Å²) in [6.45, 7) is 8.70. The Hall–Kier alpha value is -1.42. The minimum Gasteiger partial charge on any atom is -0.353 e. The highest BCUT2D eigenvalue weighted by Crippen LogP contribution is 2.17. The zero-order valence-corrected chi connectivity index (χ0v) is 19.1. The van der Waals surface area contributed by atoms with Crippen molar-refractivity contribution in [3.05, 3.63) is 59.1 Å². The van der Waals surface area contributed by atoms with Crippen molar-refractivity contribution in [2.75, 3.05) is 20.1 Å². The molecular weight excluding hydrogens is 507 g/mol. The lowest BCUT2D eigenvalue weighted by molar-refractivity contribution is 0.476. The molecule has 0 spiro atoms. The van der Waals surface area contributed by atoms with Crippen LogP contribution >= 0.6 is 39.9 Å². The molecule has 0 amide bonds. The van der Waals surface area contributed by atoms with E-state index in [0.29, 0.717) is 13.1 Å². The fourth-order valence-electron chi connectivity index (χ4n) is 2.44. The number of rotatable bonds is 8. The number of hydrogen-bond acceptors (Lipinski definition) is 3. The predicted molar refractivity (Wildman–Crippen MR) is 121 cm³/mol. The van der Waals surface area contributed by atoms with Crippen molar-refractivity contribution in [3.8, 4) is 0 Å². The van der Waals surface area contributed by atoms with Crippen LogP contribution in [0.25, 0.3) is 0 Å². The number of hydrogen-bond donors (Lipinski definition) is 1. The van der Waals surface area contributed by atoms with E-state index in [2.05, 4.69) is 62.0 Å². The highest BCUT2D eigenvalue weighted by Gasteiger charge is 2.09. The molecule has 1 N–H and O–H groups in total. The lowest BCUT2D eigenvalue weighted by atomic mass is 10.2. The summed E-state index contributed by atoms with van der Waals surface area (Å²) in [5.74, 6) is 1.83. The van der Waals surface area contributed by atoms with Crippen molar-refractivity contribution in [2.24, 2.45) is 4.99 Å². The molecule has 1 heterocycles. The van der Waals surface area contributed by atoms with Crippen molar-refractivity contribution < 1.29 is 0 Å². The smallest absolute Gasteiger partial charge is 0.194 e. The second-order valence-corrected chi connectivity index (χ2v) is 6.47. The molecule has 26 heavy (non-hydrogen) atoms. The van der Waals surface area contributed by atoms with Crippen molar-refractivity contribution in [1.29, 1.82) is 0 Å². The Bertz CT molecular complexity index is 715. The van der Waals surface area contributed by atoms with Gasteiger partial charge in [0.15, 0.2) is 5.96 Å². The Balaban J connectivity index is 0.00000338. The maximum absolute atomic E-state index is 4.73. The summed E-state index contributed by atoms with van der Waals surface area (Å²) in [5, 5.41) is 11.4. The van der Waals surface area contributed by atoms with Gasteiger partial charge in [0.2, 0.25) is 0 Å². The molecule has 6 nitrogen and oxygen atoms in total. The third-order valence-corrected chi connectivity index (χ3v) is 4.52. The molecule has 0 saturated carbocycles. The van der Waals surface area contributed by atoms with Crippen LogP contribution in [0.4, 0.5) is 0 Å². The molecule has 142 valence electrons. The van der Waals surface area contributed by atoms with Gasteiger partial charge >= 0.3 is 0 Å². The number of aryl methyl sites for hydroxylation is 1. The topological polar surface area (TPSA) is 58.3 Å². The maximum atomic E-state index is 4.73. The van der Waals surface area contributed by atoms with Crippen LogP contribution in [0.2, 0.25) is 0 Å². The van der Waals surface area contributed by atoms with Crippen LogP contribution in [0.15, 0.2) is 52.7 Å². The first-order valence-electron chi connectivity index (χ1n) is 8.36. The Morgan fingerprint density at radius 3 is 2.88 bits per heavy atom. The predicted octanol–water partition coefficient (Wildman–Crippen LogP) is 3.48. The first-order chi connectivity index (χ1) is 12.2. The van der Waals surface area contributed by atoms with Gasteiger partial charge in [-0.3, -0.25) is 4.99 Å². The molecule has 0 unspecified atom stereocenters. The molecule has 0 aliphatic heterocycles. The Morgan fingerprint density at radius 1 is 1.42 bits per heavy atom. The number of aromatic nitrogens is 3. The molecular formula is C18H26BrIN6. The van der Waals surface area contributed by atoms with E-state index in [4.69, 9.17) is 4.99 Å². The zero-order valence-electron chi connectivity index (χ0n) is 15.2.